The SMILES string of the molecule is CCCCC(O)C(C)(C)c1cccc(-n2nnc3ccccc32)c1. The topological polar surface area (TPSA) is 50.9 Å². The Hall–Kier alpha value is -2.20. The van der Waals surface area contributed by atoms with E-state index in [9.17, 15) is 5.11 Å². The molecular weight excluding hydrogens is 298 g/mol. The van der Waals surface area contributed by atoms with Gasteiger partial charge >= 0.3 is 0 Å². The number of hydrogen-bond donors (Lipinski definition) is 1. The van der Waals surface area contributed by atoms with Crippen molar-refractivity contribution in [3.63, 3.8) is 0 Å². The van der Waals surface area contributed by atoms with Crippen LogP contribution in [0.3, 0.4) is 0 Å². The molecule has 4 nitrogen and oxygen atoms in total. The molecule has 1 unspecified atom stereocenters. The Morgan fingerprint density at radius 1 is 1.12 bits per heavy atom. The number of benzene rings is 2. The van der Waals surface area contributed by atoms with Gasteiger partial charge in [-0.25, -0.2) is 4.68 Å². The van der Waals surface area contributed by atoms with Crippen LogP contribution in [-0.4, -0.2) is 26.2 Å². The van der Waals surface area contributed by atoms with Crippen molar-refractivity contribution in [2.75, 3.05) is 0 Å². The van der Waals surface area contributed by atoms with E-state index in [0.717, 1.165) is 41.5 Å². The van der Waals surface area contributed by atoms with Gasteiger partial charge in [-0.3, -0.25) is 0 Å². The maximum Gasteiger partial charge on any atom is 0.113 e. The molecule has 2 aromatic carbocycles. The summed E-state index contributed by atoms with van der Waals surface area (Å²) in [6.07, 6.45) is 2.59. The summed E-state index contributed by atoms with van der Waals surface area (Å²) in [5.74, 6) is 0. The van der Waals surface area contributed by atoms with Gasteiger partial charge in [0, 0.05) is 5.41 Å². The molecule has 126 valence electrons. The average molecular weight is 323 g/mol. The van der Waals surface area contributed by atoms with Crippen molar-refractivity contribution >= 4 is 11.0 Å². The lowest BCUT2D eigenvalue weighted by molar-refractivity contribution is 0.0890. The molecule has 0 spiro atoms. The van der Waals surface area contributed by atoms with Crippen LogP contribution < -0.4 is 0 Å². The summed E-state index contributed by atoms with van der Waals surface area (Å²) in [6, 6.07) is 16.2. The van der Waals surface area contributed by atoms with Crippen LogP contribution in [0, 0.1) is 0 Å². The van der Waals surface area contributed by atoms with Gasteiger partial charge in [0.2, 0.25) is 0 Å². The lowest BCUT2D eigenvalue weighted by Crippen LogP contribution is -2.33. The Labute approximate surface area is 143 Å². The Morgan fingerprint density at radius 2 is 1.92 bits per heavy atom. The van der Waals surface area contributed by atoms with Crippen LogP contribution in [-0.2, 0) is 5.41 Å². The van der Waals surface area contributed by atoms with Crippen molar-refractivity contribution in [3.8, 4) is 5.69 Å². The lowest BCUT2D eigenvalue weighted by atomic mass is 9.77. The Kier molecular flexibility index (Phi) is 4.67. The van der Waals surface area contributed by atoms with Crippen molar-refractivity contribution in [1.29, 1.82) is 0 Å². The van der Waals surface area contributed by atoms with Gasteiger partial charge in [0.25, 0.3) is 0 Å². The third-order valence-corrected chi connectivity index (χ3v) is 4.85. The van der Waals surface area contributed by atoms with Crippen molar-refractivity contribution < 1.29 is 5.11 Å². The second kappa shape index (κ2) is 6.73. The Morgan fingerprint density at radius 3 is 2.71 bits per heavy atom. The Bertz CT molecular complexity index is 822. The first-order valence-electron chi connectivity index (χ1n) is 8.63. The van der Waals surface area contributed by atoms with Crippen LogP contribution in [0.2, 0.25) is 0 Å². The van der Waals surface area contributed by atoms with Crippen LogP contribution >= 0.6 is 0 Å². The van der Waals surface area contributed by atoms with Crippen LogP contribution in [0.5, 0.6) is 0 Å². The summed E-state index contributed by atoms with van der Waals surface area (Å²) in [6.45, 7) is 6.36. The van der Waals surface area contributed by atoms with Crippen LogP contribution in [0.15, 0.2) is 48.5 Å². The Balaban J connectivity index is 1.97. The van der Waals surface area contributed by atoms with Gasteiger partial charge in [-0.05, 0) is 36.2 Å². The van der Waals surface area contributed by atoms with Gasteiger partial charge in [0.1, 0.15) is 5.52 Å². The van der Waals surface area contributed by atoms with Crippen LogP contribution in [0.4, 0.5) is 0 Å². The lowest BCUT2D eigenvalue weighted by Gasteiger charge is -2.31. The number of rotatable bonds is 6. The van der Waals surface area contributed by atoms with Crippen molar-refractivity contribution in [3.05, 3.63) is 54.1 Å². The molecule has 1 heterocycles. The van der Waals surface area contributed by atoms with Gasteiger partial charge in [-0.2, -0.15) is 0 Å². The van der Waals surface area contributed by atoms with E-state index in [1.165, 1.54) is 0 Å². The molecule has 0 bridgehead atoms. The second-order valence-corrected chi connectivity index (χ2v) is 6.92. The van der Waals surface area contributed by atoms with E-state index >= 15 is 0 Å². The van der Waals surface area contributed by atoms with Gasteiger partial charge in [-0.1, -0.05) is 63.1 Å². The molecular formula is C20H25N3O. The molecule has 4 heteroatoms. The molecule has 0 aliphatic heterocycles. The van der Waals surface area contributed by atoms with E-state index in [1.807, 2.05) is 41.1 Å². The van der Waals surface area contributed by atoms with Gasteiger partial charge in [0.05, 0.1) is 17.3 Å². The summed E-state index contributed by atoms with van der Waals surface area (Å²) in [4.78, 5) is 0. The van der Waals surface area contributed by atoms with Crippen LogP contribution in [0.1, 0.15) is 45.6 Å². The molecule has 0 aliphatic carbocycles. The van der Waals surface area contributed by atoms with E-state index in [0.29, 0.717) is 0 Å². The first kappa shape index (κ1) is 16.7. The highest BCUT2D eigenvalue weighted by Gasteiger charge is 2.29. The molecule has 24 heavy (non-hydrogen) atoms. The molecule has 1 aromatic heterocycles. The predicted octanol–water partition coefficient (Wildman–Crippen LogP) is 4.25. The molecule has 0 saturated carbocycles. The maximum absolute atomic E-state index is 10.6. The van der Waals surface area contributed by atoms with Crippen molar-refractivity contribution in [1.82, 2.24) is 15.0 Å². The quantitative estimate of drug-likeness (QED) is 0.738. The highest BCUT2D eigenvalue weighted by molar-refractivity contribution is 5.75. The summed E-state index contributed by atoms with van der Waals surface area (Å²) in [7, 11) is 0. The summed E-state index contributed by atoms with van der Waals surface area (Å²) in [5, 5.41) is 19.1. The van der Waals surface area contributed by atoms with Crippen molar-refractivity contribution in [2.24, 2.45) is 0 Å². The molecule has 0 aliphatic rings. The molecule has 0 fully saturated rings. The molecule has 1 atom stereocenters. The standard InChI is InChI=1S/C20H25N3O/c1-4-5-13-19(24)20(2,3)15-9-8-10-16(14-15)23-18-12-7-6-11-17(18)21-22-23/h6-12,14,19,24H,4-5,13H2,1-3H3. The van der Waals surface area contributed by atoms with E-state index in [2.05, 4.69) is 43.2 Å². The minimum atomic E-state index is -0.361. The minimum Gasteiger partial charge on any atom is -0.392 e. The maximum atomic E-state index is 10.6. The van der Waals surface area contributed by atoms with E-state index in [4.69, 9.17) is 0 Å². The largest absolute Gasteiger partial charge is 0.392 e. The number of nitrogens with zero attached hydrogens (tertiary/aromatic N) is 3. The molecule has 3 aromatic rings. The number of aliphatic hydroxyl groups is 1. The number of aliphatic hydroxyl groups excluding tert-OH is 1. The summed E-state index contributed by atoms with van der Waals surface area (Å²) in [5.41, 5.74) is 3.64. The fourth-order valence-electron chi connectivity index (χ4n) is 3.05. The van der Waals surface area contributed by atoms with E-state index < -0.39 is 0 Å². The fourth-order valence-corrected chi connectivity index (χ4v) is 3.05. The number of hydrogen-bond acceptors (Lipinski definition) is 3. The number of unbranched alkanes of at least 4 members (excludes halogenated alkanes) is 1. The summed E-state index contributed by atoms with van der Waals surface area (Å²) >= 11 is 0. The third kappa shape index (κ3) is 3.06. The number of aromatic nitrogens is 3. The smallest absolute Gasteiger partial charge is 0.113 e. The third-order valence-electron chi connectivity index (χ3n) is 4.85. The second-order valence-electron chi connectivity index (χ2n) is 6.92. The van der Waals surface area contributed by atoms with Crippen LogP contribution in [0.25, 0.3) is 16.7 Å². The molecule has 0 amide bonds. The zero-order valence-electron chi connectivity index (χ0n) is 14.6. The minimum absolute atomic E-state index is 0.304. The number of para-hydroxylation sites is 1. The average Bonchev–Trinajstić information content (AvgIpc) is 3.03. The predicted molar refractivity (Wildman–Crippen MR) is 97.4 cm³/mol. The van der Waals surface area contributed by atoms with E-state index in [1.54, 1.807) is 0 Å². The first-order valence-corrected chi connectivity index (χ1v) is 8.63. The molecule has 1 N–H and O–H groups in total. The van der Waals surface area contributed by atoms with Gasteiger partial charge in [-0.15, -0.1) is 5.10 Å². The molecule has 0 saturated heterocycles. The summed E-state index contributed by atoms with van der Waals surface area (Å²) < 4.78 is 1.85. The van der Waals surface area contributed by atoms with Crippen molar-refractivity contribution in [2.45, 2.75) is 51.6 Å². The van der Waals surface area contributed by atoms with Gasteiger partial charge < -0.3 is 5.11 Å². The monoisotopic (exact) mass is 323 g/mol. The zero-order valence-corrected chi connectivity index (χ0v) is 14.6. The zero-order chi connectivity index (χ0) is 17.2. The normalized spacial score (nSPS) is 13.3. The number of fused-ring (bicyclic) bond motifs is 1. The first-order chi connectivity index (χ1) is 11.5. The van der Waals surface area contributed by atoms with E-state index in [-0.39, 0.29) is 11.5 Å². The highest BCUT2D eigenvalue weighted by atomic mass is 16.3. The highest BCUT2D eigenvalue weighted by Crippen LogP contribution is 2.31. The molecule has 0 radical (unpaired) electrons. The van der Waals surface area contributed by atoms with Gasteiger partial charge in [0.15, 0.2) is 0 Å². The molecule has 3 rings (SSSR count). The fraction of sp³-hybridized carbons (Fsp3) is 0.400.